The van der Waals surface area contributed by atoms with Crippen molar-refractivity contribution in [2.45, 2.75) is 18.6 Å². The molecule has 2 aliphatic rings. The molecular weight excluding hydrogens is 206 g/mol. The molecule has 0 aliphatic carbocycles. The van der Waals surface area contributed by atoms with Gasteiger partial charge in [-0.1, -0.05) is 0 Å². The second kappa shape index (κ2) is 2.91. The van der Waals surface area contributed by atoms with Crippen molar-refractivity contribution < 1.29 is 4.74 Å². The van der Waals surface area contributed by atoms with E-state index >= 15 is 0 Å². The van der Waals surface area contributed by atoms with Gasteiger partial charge in [0.25, 0.3) is 0 Å². The van der Waals surface area contributed by atoms with Crippen molar-refractivity contribution in [1.29, 1.82) is 0 Å². The maximum atomic E-state index is 5.58. The topological polar surface area (TPSA) is 55.5 Å². The normalized spacial score (nSPS) is 28.1. The summed E-state index contributed by atoms with van der Waals surface area (Å²) in [6, 6.07) is 4.44. The molecule has 16 heavy (non-hydrogen) atoms. The first-order valence-electron chi connectivity index (χ1n) is 5.45. The molecule has 2 aromatic heterocycles. The molecule has 0 saturated carbocycles. The van der Waals surface area contributed by atoms with Crippen molar-refractivity contribution in [2.24, 2.45) is 0 Å². The van der Waals surface area contributed by atoms with Crippen LogP contribution < -0.4 is 4.90 Å². The Morgan fingerprint density at radius 3 is 3.19 bits per heavy atom. The SMILES string of the molecule is c1cc2nncn2nc1N1C[C@H]2C[C@H]1CO2. The Morgan fingerprint density at radius 1 is 1.38 bits per heavy atom. The van der Waals surface area contributed by atoms with Crippen LogP contribution in [-0.4, -0.2) is 45.1 Å². The van der Waals surface area contributed by atoms with Crippen LogP contribution in [0, 0.1) is 0 Å². The molecule has 0 unspecified atom stereocenters. The number of rotatable bonds is 1. The highest BCUT2D eigenvalue weighted by atomic mass is 16.5. The van der Waals surface area contributed by atoms with Gasteiger partial charge in [-0.05, 0) is 18.6 Å². The lowest BCUT2D eigenvalue weighted by Gasteiger charge is -2.27. The molecule has 0 N–H and O–H groups in total. The first-order valence-corrected chi connectivity index (χ1v) is 5.45. The fraction of sp³-hybridized carbons (Fsp3) is 0.500. The molecule has 2 aromatic rings. The van der Waals surface area contributed by atoms with E-state index in [1.165, 1.54) is 0 Å². The number of fused-ring (bicyclic) bond motifs is 3. The average molecular weight is 217 g/mol. The summed E-state index contributed by atoms with van der Waals surface area (Å²) < 4.78 is 7.29. The van der Waals surface area contributed by atoms with Gasteiger partial charge < -0.3 is 9.64 Å². The number of aromatic nitrogens is 4. The van der Waals surface area contributed by atoms with E-state index in [0.717, 1.165) is 31.0 Å². The van der Waals surface area contributed by atoms with Gasteiger partial charge in [0.1, 0.15) is 12.1 Å². The molecule has 2 atom stereocenters. The number of hydrogen-bond donors (Lipinski definition) is 0. The van der Waals surface area contributed by atoms with Gasteiger partial charge in [-0.15, -0.1) is 15.3 Å². The van der Waals surface area contributed by atoms with Gasteiger partial charge in [0.05, 0.1) is 18.8 Å². The molecule has 2 fully saturated rings. The first-order chi connectivity index (χ1) is 7.90. The molecule has 2 bridgehead atoms. The highest BCUT2D eigenvalue weighted by Crippen LogP contribution is 2.31. The van der Waals surface area contributed by atoms with Crippen LogP contribution in [0.2, 0.25) is 0 Å². The monoisotopic (exact) mass is 217 g/mol. The molecule has 0 aromatic carbocycles. The zero-order valence-corrected chi connectivity index (χ0v) is 8.65. The zero-order valence-electron chi connectivity index (χ0n) is 8.65. The van der Waals surface area contributed by atoms with E-state index in [2.05, 4.69) is 20.2 Å². The largest absolute Gasteiger partial charge is 0.374 e. The lowest BCUT2D eigenvalue weighted by atomic mass is 10.2. The number of hydrogen-bond acceptors (Lipinski definition) is 5. The summed E-state index contributed by atoms with van der Waals surface area (Å²) >= 11 is 0. The molecule has 82 valence electrons. The summed E-state index contributed by atoms with van der Waals surface area (Å²) in [5, 5.41) is 12.3. The zero-order chi connectivity index (χ0) is 10.5. The molecule has 6 nitrogen and oxygen atoms in total. The molecule has 0 radical (unpaired) electrons. The van der Waals surface area contributed by atoms with E-state index in [0.29, 0.717) is 12.1 Å². The third-order valence-corrected chi connectivity index (χ3v) is 3.34. The minimum atomic E-state index is 0.392. The Bertz CT molecular complexity index is 539. The Labute approximate surface area is 91.8 Å². The Hall–Kier alpha value is -1.69. The van der Waals surface area contributed by atoms with E-state index in [9.17, 15) is 0 Å². The van der Waals surface area contributed by atoms with Gasteiger partial charge in [-0.25, -0.2) is 0 Å². The van der Waals surface area contributed by atoms with Crippen molar-refractivity contribution in [2.75, 3.05) is 18.1 Å². The summed E-state index contributed by atoms with van der Waals surface area (Å²) in [4.78, 5) is 2.31. The number of ether oxygens (including phenoxy) is 1. The van der Waals surface area contributed by atoms with Crippen LogP contribution >= 0.6 is 0 Å². The standard InChI is InChI=1S/C10H11N5O/c1-2-10(13-15-6-11-12-9(1)15)14-4-8-3-7(14)5-16-8/h1-2,6-8H,3-5H2/t7-,8+/m0/s1. The molecule has 0 spiro atoms. The van der Waals surface area contributed by atoms with Gasteiger partial charge in [0.2, 0.25) is 0 Å². The quantitative estimate of drug-likeness (QED) is 0.678. The number of nitrogens with zero attached hydrogens (tertiary/aromatic N) is 5. The fourth-order valence-electron chi connectivity index (χ4n) is 2.55. The Kier molecular flexibility index (Phi) is 1.54. The minimum Gasteiger partial charge on any atom is -0.374 e. The van der Waals surface area contributed by atoms with E-state index < -0.39 is 0 Å². The van der Waals surface area contributed by atoms with Gasteiger partial charge in [0, 0.05) is 6.54 Å². The third-order valence-electron chi connectivity index (χ3n) is 3.34. The number of anilines is 1. The average Bonchev–Trinajstić information content (AvgIpc) is 3.03. The van der Waals surface area contributed by atoms with Crippen molar-refractivity contribution in [3.63, 3.8) is 0 Å². The van der Waals surface area contributed by atoms with Gasteiger partial charge in [-0.3, -0.25) is 0 Å². The highest BCUT2D eigenvalue weighted by Gasteiger charge is 2.39. The second-order valence-corrected chi connectivity index (χ2v) is 4.32. The fourth-order valence-corrected chi connectivity index (χ4v) is 2.55. The van der Waals surface area contributed by atoms with Gasteiger partial charge in [0.15, 0.2) is 5.65 Å². The van der Waals surface area contributed by atoms with Crippen molar-refractivity contribution >= 4 is 11.5 Å². The molecule has 2 saturated heterocycles. The summed E-state index contributed by atoms with van der Waals surface area (Å²) in [6.45, 7) is 1.78. The molecule has 6 heteroatoms. The second-order valence-electron chi connectivity index (χ2n) is 4.32. The van der Waals surface area contributed by atoms with Crippen molar-refractivity contribution in [1.82, 2.24) is 19.8 Å². The van der Waals surface area contributed by atoms with E-state index in [4.69, 9.17) is 4.74 Å². The Balaban J connectivity index is 1.76. The van der Waals surface area contributed by atoms with Crippen LogP contribution in [0.25, 0.3) is 5.65 Å². The van der Waals surface area contributed by atoms with Crippen LogP contribution in [0.5, 0.6) is 0 Å². The van der Waals surface area contributed by atoms with Crippen LogP contribution in [0.15, 0.2) is 18.5 Å². The third kappa shape index (κ3) is 1.07. The molecule has 0 amide bonds. The minimum absolute atomic E-state index is 0.392. The van der Waals surface area contributed by atoms with Crippen molar-refractivity contribution in [3.8, 4) is 0 Å². The van der Waals surface area contributed by atoms with Crippen molar-refractivity contribution in [3.05, 3.63) is 18.5 Å². The Morgan fingerprint density at radius 2 is 2.38 bits per heavy atom. The lowest BCUT2D eigenvalue weighted by Crippen LogP contribution is -2.37. The highest BCUT2D eigenvalue weighted by molar-refractivity contribution is 5.47. The maximum Gasteiger partial charge on any atom is 0.177 e. The lowest BCUT2D eigenvalue weighted by molar-refractivity contribution is 0.0988. The smallest absolute Gasteiger partial charge is 0.177 e. The summed E-state index contributed by atoms with van der Waals surface area (Å²) in [7, 11) is 0. The van der Waals surface area contributed by atoms with Crippen LogP contribution in [-0.2, 0) is 4.74 Å². The maximum absolute atomic E-state index is 5.58. The summed E-state index contributed by atoms with van der Waals surface area (Å²) in [6.07, 6.45) is 3.15. The van der Waals surface area contributed by atoms with Crippen LogP contribution in [0.1, 0.15) is 6.42 Å². The van der Waals surface area contributed by atoms with Gasteiger partial charge in [-0.2, -0.15) is 4.52 Å². The molecule has 4 heterocycles. The first kappa shape index (κ1) is 8.46. The van der Waals surface area contributed by atoms with Crippen LogP contribution in [0.3, 0.4) is 0 Å². The van der Waals surface area contributed by atoms with E-state index in [-0.39, 0.29) is 0 Å². The predicted molar refractivity (Wildman–Crippen MR) is 56.3 cm³/mol. The van der Waals surface area contributed by atoms with E-state index in [1.54, 1.807) is 10.8 Å². The van der Waals surface area contributed by atoms with Gasteiger partial charge >= 0.3 is 0 Å². The summed E-state index contributed by atoms with van der Waals surface area (Å²) in [5.74, 6) is 0.989. The predicted octanol–water partition coefficient (Wildman–Crippen LogP) is 0.102. The van der Waals surface area contributed by atoms with Crippen LogP contribution in [0.4, 0.5) is 5.82 Å². The molecular formula is C10H11N5O. The summed E-state index contributed by atoms with van der Waals surface area (Å²) in [5.41, 5.74) is 0.782. The molecule has 4 rings (SSSR count). The number of morpholine rings is 1. The molecule has 2 aliphatic heterocycles. The van der Waals surface area contributed by atoms with E-state index in [1.807, 2.05) is 12.1 Å².